The van der Waals surface area contributed by atoms with Gasteiger partial charge in [0.05, 0.1) is 5.75 Å². The number of ketones is 1. The number of benzene rings is 2. The van der Waals surface area contributed by atoms with Crippen LogP contribution in [0.4, 0.5) is 0 Å². The van der Waals surface area contributed by atoms with E-state index < -0.39 is 0 Å². The number of hydrogen-bond donors (Lipinski definition) is 0. The van der Waals surface area contributed by atoms with Crippen LogP contribution in [0.5, 0.6) is 0 Å². The molecule has 4 rings (SSSR count). The highest BCUT2D eigenvalue weighted by molar-refractivity contribution is 7.99. The van der Waals surface area contributed by atoms with Crippen LogP contribution in [0, 0.1) is 20.8 Å². The number of thioether (sulfide) groups is 1. The summed E-state index contributed by atoms with van der Waals surface area (Å²) in [5.74, 6) is 1.20. The number of carbonyl (C=O) groups excluding carboxylic acids is 1. The van der Waals surface area contributed by atoms with Crippen LogP contribution >= 0.6 is 11.8 Å². The fraction of sp³-hybridized carbons (Fsp3) is 0.269. The van der Waals surface area contributed by atoms with Gasteiger partial charge in [-0.2, -0.15) is 0 Å². The van der Waals surface area contributed by atoms with Gasteiger partial charge in [0.15, 0.2) is 16.8 Å². The molecule has 0 aliphatic carbocycles. The molecule has 5 nitrogen and oxygen atoms in total. The van der Waals surface area contributed by atoms with E-state index >= 15 is 0 Å². The van der Waals surface area contributed by atoms with Crippen LogP contribution in [0.25, 0.3) is 17.1 Å². The Bertz CT molecular complexity index is 1240. The SMILES string of the molecule is CCCn1c(C)cc(C(=O)CSc2nnc(-c3cccc(C)c3)n2-c2ccccc2)c1C. The average Bonchev–Trinajstić information content (AvgIpc) is 3.35. The lowest BCUT2D eigenvalue weighted by molar-refractivity contribution is 0.102. The standard InChI is InChI=1S/C26H28N4OS/c1-5-14-29-19(3)16-23(20(29)4)24(31)17-32-26-28-27-25(21-11-9-10-18(2)15-21)30(26)22-12-7-6-8-13-22/h6-13,15-16H,5,14,17H2,1-4H3. The minimum Gasteiger partial charge on any atom is -0.348 e. The molecule has 32 heavy (non-hydrogen) atoms. The topological polar surface area (TPSA) is 52.7 Å². The molecule has 0 amide bonds. The molecule has 4 aromatic rings. The summed E-state index contributed by atoms with van der Waals surface area (Å²) in [5, 5.41) is 9.66. The molecule has 0 atom stereocenters. The number of rotatable bonds is 8. The second kappa shape index (κ2) is 9.57. The number of nitrogens with zero attached hydrogens (tertiary/aromatic N) is 4. The van der Waals surface area contributed by atoms with E-state index in [4.69, 9.17) is 0 Å². The molecule has 0 spiro atoms. The molecule has 6 heteroatoms. The Kier molecular flexibility index (Phi) is 6.61. The highest BCUT2D eigenvalue weighted by Gasteiger charge is 2.20. The molecule has 0 saturated carbocycles. The summed E-state index contributed by atoms with van der Waals surface area (Å²) in [4.78, 5) is 13.1. The minimum atomic E-state index is 0.116. The van der Waals surface area contributed by atoms with Crippen molar-refractivity contribution in [2.75, 3.05) is 5.75 Å². The van der Waals surface area contributed by atoms with E-state index in [1.54, 1.807) is 0 Å². The lowest BCUT2D eigenvalue weighted by atomic mass is 10.1. The lowest BCUT2D eigenvalue weighted by Gasteiger charge is -2.11. The largest absolute Gasteiger partial charge is 0.348 e. The van der Waals surface area contributed by atoms with Gasteiger partial charge in [-0.15, -0.1) is 10.2 Å². The molecule has 2 aromatic carbocycles. The minimum absolute atomic E-state index is 0.116. The van der Waals surface area contributed by atoms with E-state index in [2.05, 4.69) is 47.7 Å². The molecule has 0 bridgehead atoms. The first kappa shape index (κ1) is 22.1. The third-order valence-corrected chi connectivity index (χ3v) is 6.51. The zero-order valence-electron chi connectivity index (χ0n) is 19.0. The van der Waals surface area contributed by atoms with E-state index in [1.807, 2.05) is 60.0 Å². The van der Waals surface area contributed by atoms with Gasteiger partial charge in [-0.1, -0.05) is 60.6 Å². The molecule has 0 aliphatic rings. The van der Waals surface area contributed by atoms with Crippen LogP contribution in [0.3, 0.4) is 0 Å². The monoisotopic (exact) mass is 444 g/mol. The normalized spacial score (nSPS) is 11.1. The van der Waals surface area contributed by atoms with E-state index in [9.17, 15) is 4.79 Å². The van der Waals surface area contributed by atoms with Gasteiger partial charge < -0.3 is 4.57 Å². The fourth-order valence-corrected chi connectivity index (χ4v) is 4.84. The number of Topliss-reactive ketones (excluding diaryl/α,β-unsaturated/α-hetero) is 1. The second-order valence-electron chi connectivity index (χ2n) is 7.99. The van der Waals surface area contributed by atoms with Gasteiger partial charge in [-0.05, 0) is 51.5 Å². The Morgan fingerprint density at radius 1 is 0.969 bits per heavy atom. The Labute approximate surface area is 193 Å². The summed E-state index contributed by atoms with van der Waals surface area (Å²) >= 11 is 1.43. The zero-order valence-corrected chi connectivity index (χ0v) is 19.8. The highest BCUT2D eigenvalue weighted by atomic mass is 32.2. The van der Waals surface area contributed by atoms with E-state index in [1.165, 1.54) is 11.8 Å². The number of carbonyl (C=O) groups is 1. The van der Waals surface area contributed by atoms with Crippen molar-refractivity contribution in [3.63, 3.8) is 0 Å². The number of para-hydroxylation sites is 1. The third-order valence-electron chi connectivity index (χ3n) is 5.58. The third kappa shape index (κ3) is 4.41. The summed E-state index contributed by atoms with van der Waals surface area (Å²) in [6, 6.07) is 20.3. The Balaban J connectivity index is 1.65. The zero-order chi connectivity index (χ0) is 22.7. The molecular weight excluding hydrogens is 416 g/mol. The maximum absolute atomic E-state index is 13.1. The van der Waals surface area contributed by atoms with Crippen LogP contribution in [0.2, 0.25) is 0 Å². The van der Waals surface area contributed by atoms with Gasteiger partial charge in [-0.25, -0.2) is 0 Å². The first-order valence-electron chi connectivity index (χ1n) is 10.9. The lowest BCUT2D eigenvalue weighted by Crippen LogP contribution is -2.07. The van der Waals surface area contributed by atoms with Gasteiger partial charge in [-0.3, -0.25) is 9.36 Å². The molecule has 0 fully saturated rings. The van der Waals surface area contributed by atoms with Crippen molar-refractivity contribution in [1.82, 2.24) is 19.3 Å². The summed E-state index contributed by atoms with van der Waals surface area (Å²) in [7, 11) is 0. The average molecular weight is 445 g/mol. The van der Waals surface area contributed by atoms with Gasteiger partial charge in [0.25, 0.3) is 0 Å². The Morgan fingerprint density at radius 3 is 2.47 bits per heavy atom. The van der Waals surface area contributed by atoms with Crippen LogP contribution in [-0.4, -0.2) is 30.9 Å². The maximum atomic E-state index is 13.1. The summed E-state index contributed by atoms with van der Waals surface area (Å²) in [5.41, 5.74) is 6.12. The van der Waals surface area contributed by atoms with Crippen molar-refractivity contribution >= 4 is 17.5 Å². The second-order valence-corrected chi connectivity index (χ2v) is 8.94. The summed E-state index contributed by atoms with van der Waals surface area (Å²) in [6.07, 6.45) is 1.04. The molecule has 0 unspecified atom stereocenters. The molecule has 2 aromatic heterocycles. The van der Waals surface area contributed by atoms with Crippen molar-refractivity contribution in [3.8, 4) is 17.1 Å². The van der Waals surface area contributed by atoms with Crippen LogP contribution < -0.4 is 0 Å². The molecule has 164 valence electrons. The van der Waals surface area contributed by atoms with Gasteiger partial charge >= 0.3 is 0 Å². The maximum Gasteiger partial charge on any atom is 0.196 e. The molecule has 0 N–H and O–H groups in total. The quantitative estimate of drug-likeness (QED) is 0.245. The first-order chi connectivity index (χ1) is 15.5. The number of aryl methyl sites for hydroxylation is 2. The first-order valence-corrected chi connectivity index (χ1v) is 11.9. The van der Waals surface area contributed by atoms with Crippen molar-refractivity contribution in [2.24, 2.45) is 0 Å². The van der Waals surface area contributed by atoms with Gasteiger partial charge in [0.2, 0.25) is 0 Å². The molecule has 0 saturated heterocycles. The number of hydrogen-bond acceptors (Lipinski definition) is 4. The van der Waals surface area contributed by atoms with Crippen LogP contribution in [-0.2, 0) is 6.54 Å². The van der Waals surface area contributed by atoms with Gasteiger partial charge in [0, 0.05) is 34.7 Å². The molecular formula is C26H28N4OS. The van der Waals surface area contributed by atoms with Crippen molar-refractivity contribution in [3.05, 3.63) is 83.2 Å². The van der Waals surface area contributed by atoms with Crippen molar-refractivity contribution < 1.29 is 4.79 Å². The fourth-order valence-electron chi connectivity index (χ4n) is 4.00. The van der Waals surface area contributed by atoms with Crippen LogP contribution in [0.1, 0.15) is 40.7 Å². The Hall–Kier alpha value is -3.12. The van der Waals surface area contributed by atoms with E-state index in [-0.39, 0.29) is 5.78 Å². The van der Waals surface area contributed by atoms with E-state index in [0.717, 1.165) is 52.6 Å². The summed E-state index contributed by atoms with van der Waals surface area (Å²) < 4.78 is 4.26. The molecule has 2 heterocycles. The predicted octanol–water partition coefficient (Wildman–Crippen LogP) is 6.05. The molecule has 0 radical (unpaired) electrons. The van der Waals surface area contributed by atoms with Crippen molar-refractivity contribution in [2.45, 2.75) is 45.8 Å². The van der Waals surface area contributed by atoms with E-state index in [0.29, 0.717) is 10.9 Å². The smallest absolute Gasteiger partial charge is 0.196 e. The van der Waals surface area contributed by atoms with Crippen molar-refractivity contribution in [1.29, 1.82) is 0 Å². The summed E-state index contributed by atoms with van der Waals surface area (Å²) in [6.45, 7) is 9.24. The number of aromatic nitrogens is 4. The molecule has 0 aliphatic heterocycles. The predicted molar refractivity (Wildman–Crippen MR) is 131 cm³/mol. The Morgan fingerprint density at radius 2 is 1.75 bits per heavy atom. The highest BCUT2D eigenvalue weighted by Crippen LogP contribution is 2.29. The van der Waals surface area contributed by atoms with Crippen LogP contribution in [0.15, 0.2) is 65.8 Å². The van der Waals surface area contributed by atoms with Gasteiger partial charge in [0.1, 0.15) is 0 Å².